The molecule has 6 heteroatoms. The number of aromatic nitrogens is 1. The number of rotatable bonds is 3. The standard InChI is InChI=1S/C15H13ClN2O2S/c1-8-3-4-9(7-11(8)19-2)12-13(18-20-15(12)17)14-10(16)5-6-21-14/h3-7H,17H2,1-2H3. The number of nitrogen functional groups attached to an aromatic ring is 1. The Bertz CT molecular complexity index is 795. The van der Waals surface area contributed by atoms with Crippen LogP contribution in [0.3, 0.4) is 0 Å². The quantitative estimate of drug-likeness (QED) is 0.764. The molecule has 1 aromatic carbocycles. The van der Waals surface area contributed by atoms with Crippen LogP contribution >= 0.6 is 22.9 Å². The number of hydrogen-bond acceptors (Lipinski definition) is 5. The fourth-order valence-electron chi connectivity index (χ4n) is 2.17. The molecule has 0 saturated heterocycles. The van der Waals surface area contributed by atoms with Gasteiger partial charge in [0.15, 0.2) is 0 Å². The highest BCUT2D eigenvalue weighted by atomic mass is 35.5. The van der Waals surface area contributed by atoms with Crippen molar-refractivity contribution in [1.82, 2.24) is 5.16 Å². The second kappa shape index (κ2) is 5.42. The normalized spacial score (nSPS) is 10.8. The number of halogens is 1. The van der Waals surface area contributed by atoms with Gasteiger partial charge in [0.25, 0.3) is 0 Å². The number of hydrogen-bond donors (Lipinski definition) is 1. The number of aryl methyl sites for hydroxylation is 1. The average molecular weight is 321 g/mol. The van der Waals surface area contributed by atoms with Crippen molar-refractivity contribution in [3.05, 3.63) is 40.2 Å². The van der Waals surface area contributed by atoms with Crippen LogP contribution in [-0.2, 0) is 0 Å². The van der Waals surface area contributed by atoms with Gasteiger partial charge in [0.2, 0.25) is 5.88 Å². The molecule has 3 aromatic rings. The summed E-state index contributed by atoms with van der Waals surface area (Å²) in [5.41, 5.74) is 9.27. The Balaban J connectivity index is 2.19. The molecular weight excluding hydrogens is 308 g/mol. The molecule has 2 N–H and O–H groups in total. The third-order valence-electron chi connectivity index (χ3n) is 3.25. The molecule has 0 aliphatic heterocycles. The molecule has 0 amide bonds. The summed E-state index contributed by atoms with van der Waals surface area (Å²) >= 11 is 7.69. The maximum absolute atomic E-state index is 6.19. The molecule has 108 valence electrons. The molecule has 2 heterocycles. The van der Waals surface area contributed by atoms with E-state index in [0.717, 1.165) is 27.3 Å². The highest BCUT2D eigenvalue weighted by molar-refractivity contribution is 7.14. The number of methoxy groups -OCH3 is 1. The zero-order chi connectivity index (χ0) is 15.0. The molecule has 0 atom stereocenters. The van der Waals surface area contributed by atoms with E-state index in [1.807, 2.05) is 36.6 Å². The first-order valence-electron chi connectivity index (χ1n) is 6.25. The van der Waals surface area contributed by atoms with Gasteiger partial charge in [-0.25, -0.2) is 0 Å². The van der Waals surface area contributed by atoms with Crippen LogP contribution in [0.4, 0.5) is 5.88 Å². The average Bonchev–Trinajstić information content (AvgIpc) is 3.05. The van der Waals surface area contributed by atoms with Crippen molar-refractivity contribution < 1.29 is 9.26 Å². The molecule has 2 aromatic heterocycles. The Morgan fingerprint density at radius 3 is 2.81 bits per heavy atom. The first-order chi connectivity index (χ1) is 10.1. The first kappa shape index (κ1) is 14.0. The molecular formula is C15H13ClN2O2S. The van der Waals surface area contributed by atoms with Crippen molar-refractivity contribution >= 4 is 28.8 Å². The monoisotopic (exact) mass is 320 g/mol. The predicted molar refractivity (Wildman–Crippen MR) is 86.0 cm³/mol. The summed E-state index contributed by atoms with van der Waals surface area (Å²) in [6.45, 7) is 1.98. The molecule has 0 bridgehead atoms. The SMILES string of the molecule is COc1cc(-c2c(-c3sccc3Cl)noc2N)ccc1C. The Hall–Kier alpha value is -1.98. The van der Waals surface area contributed by atoms with Crippen molar-refractivity contribution in [2.24, 2.45) is 0 Å². The lowest BCUT2D eigenvalue weighted by Crippen LogP contribution is -1.91. The van der Waals surface area contributed by atoms with Crippen LogP contribution in [0.15, 0.2) is 34.2 Å². The lowest BCUT2D eigenvalue weighted by Gasteiger charge is -2.07. The molecule has 0 radical (unpaired) electrons. The van der Waals surface area contributed by atoms with Gasteiger partial charge in [-0.1, -0.05) is 28.9 Å². The van der Waals surface area contributed by atoms with E-state index < -0.39 is 0 Å². The van der Waals surface area contributed by atoms with E-state index in [9.17, 15) is 0 Å². The molecule has 4 nitrogen and oxygen atoms in total. The summed E-state index contributed by atoms with van der Waals surface area (Å²) in [6, 6.07) is 7.68. The van der Waals surface area contributed by atoms with Crippen LogP contribution in [0, 0.1) is 6.92 Å². The van der Waals surface area contributed by atoms with Gasteiger partial charge in [-0.15, -0.1) is 11.3 Å². The van der Waals surface area contributed by atoms with Gasteiger partial charge >= 0.3 is 0 Å². The van der Waals surface area contributed by atoms with Crippen LogP contribution in [0.1, 0.15) is 5.56 Å². The highest BCUT2D eigenvalue weighted by Gasteiger charge is 2.21. The molecule has 0 aliphatic rings. The van der Waals surface area contributed by atoms with Crippen molar-refractivity contribution in [3.63, 3.8) is 0 Å². The molecule has 0 unspecified atom stereocenters. The summed E-state index contributed by atoms with van der Waals surface area (Å²) < 4.78 is 10.5. The Kier molecular flexibility index (Phi) is 3.61. The minimum Gasteiger partial charge on any atom is -0.496 e. The van der Waals surface area contributed by atoms with E-state index in [-0.39, 0.29) is 5.88 Å². The third-order valence-corrected chi connectivity index (χ3v) is 4.60. The van der Waals surface area contributed by atoms with Crippen molar-refractivity contribution in [3.8, 4) is 27.4 Å². The smallest absolute Gasteiger partial charge is 0.230 e. The zero-order valence-corrected chi connectivity index (χ0v) is 13.1. The van der Waals surface area contributed by atoms with E-state index in [0.29, 0.717) is 10.7 Å². The van der Waals surface area contributed by atoms with Gasteiger partial charge in [-0.05, 0) is 35.6 Å². The lowest BCUT2D eigenvalue weighted by atomic mass is 10.0. The maximum atomic E-state index is 6.19. The summed E-state index contributed by atoms with van der Waals surface area (Å²) in [5.74, 6) is 1.05. The molecule has 3 rings (SSSR count). The first-order valence-corrected chi connectivity index (χ1v) is 7.51. The highest BCUT2D eigenvalue weighted by Crippen LogP contribution is 2.42. The van der Waals surface area contributed by atoms with Crippen LogP contribution < -0.4 is 10.5 Å². The second-order valence-electron chi connectivity index (χ2n) is 4.55. The summed E-state index contributed by atoms with van der Waals surface area (Å²) in [6.07, 6.45) is 0. The maximum Gasteiger partial charge on any atom is 0.230 e. The van der Waals surface area contributed by atoms with Gasteiger partial charge in [0.05, 0.1) is 22.6 Å². The van der Waals surface area contributed by atoms with Crippen LogP contribution in [0.5, 0.6) is 5.75 Å². The minimum absolute atomic E-state index is 0.264. The Morgan fingerprint density at radius 1 is 1.33 bits per heavy atom. The minimum atomic E-state index is 0.264. The van der Waals surface area contributed by atoms with Gasteiger partial charge in [0.1, 0.15) is 11.4 Å². The van der Waals surface area contributed by atoms with E-state index in [1.54, 1.807) is 7.11 Å². The number of nitrogens with two attached hydrogens (primary N) is 1. The third kappa shape index (κ3) is 2.39. The lowest BCUT2D eigenvalue weighted by molar-refractivity contribution is 0.412. The topological polar surface area (TPSA) is 61.3 Å². The van der Waals surface area contributed by atoms with Crippen LogP contribution in [0.2, 0.25) is 5.02 Å². The number of nitrogens with zero attached hydrogens (tertiary/aromatic N) is 1. The summed E-state index contributed by atoms with van der Waals surface area (Å²) in [7, 11) is 1.64. The van der Waals surface area contributed by atoms with E-state index in [4.69, 9.17) is 26.6 Å². The van der Waals surface area contributed by atoms with Crippen molar-refractivity contribution in [2.45, 2.75) is 6.92 Å². The van der Waals surface area contributed by atoms with Gasteiger partial charge in [-0.3, -0.25) is 0 Å². The Labute approximate surface area is 131 Å². The van der Waals surface area contributed by atoms with Crippen LogP contribution in [0.25, 0.3) is 21.7 Å². The number of anilines is 1. The van der Waals surface area contributed by atoms with E-state index >= 15 is 0 Å². The Morgan fingerprint density at radius 2 is 2.14 bits per heavy atom. The van der Waals surface area contributed by atoms with Gasteiger partial charge in [0, 0.05) is 0 Å². The molecule has 0 spiro atoms. The van der Waals surface area contributed by atoms with Gasteiger partial charge in [-0.2, -0.15) is 0 Å². The fraction of sp³-hybridized carbons (Fsp3) is 0.133. The number of thiophene rings is 1. The van der Waals surface area contributed by atoms with Crippen LogP contribution in [-0.4, -0.2) is 12.3 Å². The second-order valence-corrected chi connectivity index (χ2v) is 5.88. The molecule has 0 saturated carbocycles. The number of ether oxygens (including phenoxy) is 1. The summed E-state index contributed by atoms with van der Waals surface area (Å²) in [4.78, 5) is 0.839. The van der Waals surface area contributed by atoms with Gasteiger partial charge < -0.3 is 15.0 Å². The van der Waals surface area contributed by atoms with Crippen molar-refractivity contribution in [1.29, 1.82) is 0 Å². The largest absolute Gasteiger partial charge is 0.496 e. The number of benzene rings is 1. The van der Waals surface area contributed by atoms with Crippen molar-refractivity contribution in [2.75, 3.05) is 12.8 Å². The fourth-order valence-corrected chi connectivity index (χ4v) is 3.31. The predicted octanol–water partition coefficient (Wildman–Crippen LogP) is 4.62. The zero-order valence-electron chi connectivity index (χ0n) is 11.5. The molecule has 0 aliphatic carbocycles. The summed E-state index contributed by atoms with van der Waals surface area (Å²) in [5, 5.41) is 6.60. The van der Waals surface area contributed by atoms with E-state index in [2.05, 4.69) is 5.16 Å². The molecule has 21 heavy (non-hydrogen) atoms. The molecule has 0 fully saturated rings. The van der Waals surface area contributed by atoms with E-state index in [1.165, 1.54) is 11.3 Å².